The minimum atomic E-state index is 1.20. The van der Waals surface area contributed by atoms with E-state index in [1.54, 1.807) is 0 Å². The monoisotopic (exact) mass is 155 g/mol. The maximum Gasteiger partial charge on any atom is 0.196 e. The molecule has 2 saturated heterocycles. The minimum Gasteiger partial charge on any atom is -0.339 e. The molecule has 0 aromatic rings. The van der Waals surface area contributed by atoms with Gasteiger partial charge in [-0.2, -0.15) is 0 Å². The van der Waals surface area contributed by atoms with Crippen molar-refractivity contribution in [2.45, 2.75) is 13.8 Å². The summed E-state index contributed by atoms with van der Waals surface area (Å²) in [5, 5.41) is 0. The fourth-order valence-electron chi connectivity index (χ4n) is 0.983. The van der Waals surface area contributed by atoms with Crippen LogP contribution in [0, 0.1) is 0 Å². The Morgan fingerprint density at radius 3 is 1.55 bits per heavy atom. The number of nitrogens with zero attached hydrogens (tertiary/aromatic N) is 3. The third kappa shape index (κ3) is 2.10. The smallest absolute Gasteiger partial charge is 0.196 e. The van der Waals surface area contributed by atoms with E-state index in [9.17, 15) is 0 Å². The lowest BCUT2D eigenvalue weighted by Gasteiger charge is -2.05. The number of aliphatic imine (C=N–C) groups is 1. The van der Waals surface area contributed by atoms with Gasteiger partial charge in [0.05, 0.1) is 0 Å². The molecule has 0 spiro atoms. The van der Waals surface area contributed by atoms with Crippen LogP contribution in [0.5, 0.6) is 0 Å². The van der Waals surface area contributed by atoms with Crippen molar-refractivity contribution in [2.24, 2.45) is 4.99 Å². The van der Waals surface area contributed by atoms with Crippen LogP contribution in [-0.4, -0.2) is 49.0 Å². The molecular weight excluding hydrogens is 138 g/mol. The molecular formula is C8H17N3. The molecule has 0 amide bonds. The van der Waals surface area contributed by atoms with Gasteiger partial charge in [0.1, 0.15) is 0 Å². The van der Waals surface area contributed by atoms with Crippen molar-refractivity contribution >= 4 is 5.96 Å². The summed E-state index contributed by atoms with van der Waals surface area (Å²) < 4.78 is 0. The molecule has 0 aromatic carbocycles. The summed E-state index contributed by atoms with van der Waals surface area (Å²) in [4.78, 5) is 8.75. The first-order valence-electron chi connectivity index (χ1n) is 4.38. The highest BCUT2D eigenvalue weighted by Gasteiger charge is 2.31. The molecule has 2 aliphatic heterocycles. The van der Waals surface area contributed by atoms with E-state index in [1.807, 2.05) is 20.9 Å². The van der Waals surface area contributed by atoms with Gasteiger partial charge in [0, 0.05) is 33.2 Å². The van der Waals surface area contributed by atoms with Gasteiger partial charge in [0.2, 0.25) is 0 Å². The van der Waals surface area contributed by atoms with E-state index in [1.165, 1.54) is 32.1 Å². The molecule has 0 bridgehead atoms. The molecule has 2 rings (SSSR count). The average molecular weight is 155 g/mol. The molecule has 3 nitrogen and oxygen atoms in total. The first-order chi connectivity index (χ1) is 5.42. The van der Waals surface area contributed by atoms with Crippen molar-refractivity contribution in [1.29, 1.82) is 0 Å². The standard InChI is InChI=1S/C6H11N3.C2H6/c1-7-6(8-2-3-8)9-4-5-9;1-2/h2-5H2,1H3;1-2H3. The second-order valence-corrected chi connectivity index (χ2v) is 2.50. The summed E-state index contributed by atoms with van der Waals surface area (Å²) in [5.74, 6) is 1.20. The summed E-state index contributed by atoms with van der Waals surface area (Å²) in [7, 11) is 1.87. The number of guanidine groups is 1. The van der Waals surface area contributed by atoms with Gasteiger partial charge in [-0.3, -0.25) is 4.99 Å². The molecule has 3 heteroatoms. The lowest BCUT2D eigenvalue weighted by atomic mass is 10.9. The van der Waals surface area contributed by atoms with Gasteiger partial charge in [-0.15, -0.1) is 0 Å². The Bertz CT molecular complexity index is 131. The molecule has 2 aliphatic rings. The van der Waals surface area contributed by atoms with Crippen molar-refractivity contribution in [3.63, 3.8) is 0 Å². The SMILES string of the molecule is CC.CN=C(N1CC1)N1CC1. The van der Waals surface area contributed by atoms with Crippen LogP contribution in [0.3, 0.4) is 0 Å². The Hall–Kier alpha value is -0.730. The Balaban J connectivity index is 0.000000281. The highest BCUT2D eigenvalue weighted by atomic mass is 15.5. The highest BCUT2D eigenvalue weighted by Crippen LogP contribution is 2.14. The first-order valence-corrected chi connectivity index (χ1v) is 4.38. The van der Waals surface area contributed by atoms with E-state index < -0.39 is 0 Å². The summed E-state index contributed by atoms with van der Waals surface area (Å²) in [6.45, 7) is 8.85. The molecule has 0 atom stereocenters. The zero-order valence-electron chi connectivity index (χ0n) is 7.67. The number of rotatable bonds is 0. The van der Waals surface area contributed by atoms with Gasteiger partial charge in [-0.05, 0) is 0 Å². The molecule has 64 valence electrons. The molecule has 2 heterocycles. The van der Waals surface area contributed by atoms with Crippen LogP contribution in [0.2, 0.25) is 0 Å². The predicted octanol–water partition coefficient (Wildman–Crippen LogP) is 0.630. The fraction of sp³-hybridized carbons (Fsp3) is 0.875. The van der Waals surface area contributed by atoms with Crippen LogP contribution in [0.4, 0.5) is 0 Å². The molecule has 0 N–H and O–H groups in total. The van der Waals surface area contributed by atoms with E-state index in [2.05, 4.69) is 14.8 Å². The van der Waals surface area contributed by atoms with Crippen LogP contribution in [-0.2, 0) is 0 Å². The first kappa shape index (κ1) is 8.37. The zero-order chi connectivity index (χ0) is 8.27. The topological polar surface area (TPSA) is 18.4 Å². The summed E-state index contributed by atoms with van der Waals surface area (Å²) in [6.07, 6.45) is 0. The lowest BCUT2D eigenvalue weighted by molar-refractivity contribution is 0.680. The Labute approximate surface area is 68.7 Å². The normalized spacial score (nSPS) is 18.5. The quantitative estimate of drug-likeness (QED) is 0.290. The molecule has 0 aromatic heterocycles. The predicted molar refractivity (Wildman–Crippen MR) is 47.9 cm³/mol. The molecule has 0 radical (unpaired) electrons. The second kappa shape index (κ2) is 3.60. The Morgan fingerprint density at radius 2 is 1.36 bits per heavy atom. The average Bonchev–Trinajstić information content (AvgIpc) is 2.88. The van der Waals surface area contributed by atoms with E-state index in [0.717, 1.165) is 0 Å². The van der Waals surface area contributed by atoms with Crippen molar-refractivity contribution in [2.75, 3.05) is 33.2 Å². The van der Waals surface area contributed by atoms with E-state index in [-0.39, 0.29) is 0 Å². The van der Waals surface area contributed by atoms with Crippen molar-refractivity contribution in [3.8, 4) is 0 Å². The highest BCUT2D eigenvalue weighted by molar-refractivity contribution is 5.83. The van der Waals surface area contributed by atoms with Crippen molar-refractivity contribution in [1.82, 2.24) is 9.80 Å². The number of hydrogen-bond donors (Lipinski definition) is 0. The van der Waals surface area contributed by atoms with Crippen LogP contribution in [0.15, 0.2) is 4.99 Å². The second-order valence-electron chi connectivity index (χ2n) is 2.50. The molecule has 0 aliphatic carbocycles. The molecule has 11 heavy (non-hydrogen) atoms. The van der Waals surface area contributed by atoms with Gasteiger partial charge in [0.25, 0.3) is 0 Å². The van der Waals surface area contributed by atoms with Gasteiger partial charge in [-0.25, -0.2) is 0 Å². The Kier molecular flexibility index (Phi) is 2.74. The third-order valence-corrected chi connectivity index (χ3v) is 1.66. The minimum absolute atomic E-state index is 1.20. The van der Waals surface area contributed by atoms with Crippen LogP contribution >= 0.6 is 0 Å². The number of hydrogen-bond acceptors (Lipinski definition) is 1. The van der Waals surface area contributed by atoms with Crippen LogP contribution < -0.4 is 0 Å². The van der Waals surface area contributed by atoms with Crippen molar-refractivity contribution in [3.05, 3.63) is 0 Å². The van der Waals surface area contributed by atoms with Gasteiger partial charge < -0.3 is 9.80 Å². The molecule has 0 unspecified atom stereocenters. The van der Waals surface area contributed by atoms with Gasteiger partial charge >= 0.3 is 0 Å². The van der Waals surface area contributed by atoms with E-state index in [0.29, 0.717) is 0 Å². The lowest BCUT2D eigenvalue weighted by Crippen LogP contribution is -2.20. The zero-order valence-corrected chi connectivity index (χ0v) is 7.67. The summed E-state index contributed by atoms with van der Waals surface area (Å²) in [6, 6.07) is 0. The van der Waals surface area contributed by atoms with Crippen LogP contribution in [0.25, 0.3) is 0 Å². The fourth-order valence-corrected chi connectivity index (χ4v) is 0.983. The molecule has 0 saturated carbocycles. The maximum atomic E-state index is 4.18. The maximum absolute atomic E-state index is 4.18. The summed E-state index contributed by atoms with van der Waals surface area (Å²) in [5.41, 5.74) is 0. The summed E-state index contributed by atoms with van der Waals surface area (Å²) >= 11 is 0. The van der Waals surface area contributed by atoms with Gasteiger partial charge in [0.15, 0.2) is 5.96 Å². The van der Waals surface area contributed by atoms with Crippen molar-refractivity contribution < 1.29 is 0 Å². The van der Waals surface area contributed by atoms with E-state index in [4.69, 9.17) is 0 Å². The Morgan fingerprint density at radius 1 is 1.00 bits per heavy atom. The molecule has 2 fully saturated rings. The third-order valence-electron chi connectivity index (χ3n) is 1.66. The largest absolute Gasteiger partial charge is 0.339 e. The van der Waals surface area contributed by atoms with Gasteiger partial charge in [-0.1, -0.05) is 13.8 Å². The van der Waals surface area contributed by atoms with Crippen LogP contribution in [0.1, 0.15) is 13.8 Å². The van der Waals surface area contributed by atoms with E-state index >= 15 is 0 Å².